The molecule has 2 aliphatic rings. The van der Waals surface area contributed by atoms with Gasteiger partial charge in [0.05, 0.1) is 5.56 Å². The van der Waals surface area contributed by atoms with Gasteiger partial charge in [-0.15, -0.1) is 0 Å². The number of nitrogens with zero attached hydrogens (tertiary/aromatic N) is 3. The standard InChI is InChI=1S/C25H26F3N3O2/c26-25(27,28)21-8-3-20(4-9-21)18-29-14-16-30(17-15-29)23(32)12-7-19-5-10-22(11-6-19)31-13-1-2-24(31)33/h3-12H,1-2,13-18H2/b12-7+. The van der Waals surface area contributed by atoms with Crippen LogP contribution in [0, 0.1) is 0 Å². The molecule has 0 radical (unpaired) electrons. The average molecular weight is 457 g/mol. The summed E-state index contributed by atoms with van der Waals surface area (Å²) in [6.07, 6.45) is 0.474. The Hall–Kier alpha value is -3.13. The SMILES string of the molecule is O=C(/C=C/c1ccc(N2CCCC2=O)cc1)N1CCN(Cc2ccc(C(F)(F)F)cc2)CC1. The Labute approximate surface area is 191 Å². The van der Waals surface area contributed by atoms with Gasteiger partial charge < -0.3 is 9.80 Å². The maximum Gasteiger partial charge on any atom is 0.416 e. The van der Waals surface area contributed by atoms with Gasteiger partial charge in [-0.3, -0.25) is 14.5 Å². The van der Waals surface area contributed by atoms with Gasteiger partial charge >= 0.3 is 6.18 Å². The number of halogens is 3. The molecule has 0 atom stereocenters. The molecular formula is C25H26F3N3O2. The van der Waals surface area contributed by atoms with E-state index in [4.69, 9.17) is 0 Å². The Kier molecular flexibility index (Phi) is 6.83. The highest BCUT2D eigenvalue weighted by atomic mass is 19.4. The Morgan fingerprint density at radius 3 is 2.15 bits per heavy atom. The molecule has 4 rings (SSSR count). The molecule has 0 aromatic heterocycles. The van der Waals surface area contributed by atoms with Crippen molar-refractivity contribution in [2.45, 2.75) is 25.6 Å². The van der Waals surface area contributed by atoms with Crippen LogP contribution in [0.15, 0.2) is 54.6 Å². The van der Waals surface area contributed by atoms with Gasteiger partial charge in [-0.25, -0.2) is 0 Å². The molecule has 33 heavy (non-hydrogen) atoms. The molecule has 0 spiro atoms. The second-order valence-corrected chi connectivity index (χ2v) is 8.37. The van der Waals surface area contributed by atoms with Gasteiger partial charge in [0, 0.05) is 57.5 Å². The van der Waals surface area contributed by atoms with Crippen molar-refractivity contribution in [2.24, 2.45) is 0 Å². The lowest BCUT2D eigenvalue weighted by molar-refractivity contribution is -0.137. The maximum absolute atomic E-state index is 12.7. The zero-order valence-electron chi connectivity index (χ0n) is 18.2. The topological polar surface area (TPSA) is 43.9 Å². The van der Waals surface area contributed by atoms with Crippen LogP contribution in [0.3, 0.4) is 0 Å². The van der Waals surface area contributed by atoms with Crippen molar-refractivity contribution in [1.82, 2.24) is 9.80 Å². The number of hydrogen-bond donors (Lipinski definition) is 0. The van der Waals surface area contributed by atoms with E-state index in [1.165, 1.54) is 12.1 Å². The van der Waals surface area contributed by atoms with E-state index in [0.29, 0.717) is 39.1 Å². The quantitative estimate of drug-likeness (QED) is 0.633. The van der Waals surface area contributed by atoms with Crippen LogP contribution in [0.2, 0.25) is 0 Å². The number of amides is 2. The van der Waals surface area contributed by atoms with Crippen LogP contribution in [0.25, 0.3) is 6.08 Å². The number of carbonyl (C=O) groups is 2. The molecule has 0 N–H and O–H groups in total. The molecule has 5 nitrogen and oxygen atoms in total. The highest BCUT2D eigenvalue weighted by Crippen LogP contribution is 2.29. The molecular weight excluding hydrogens is 431 g/mol. The van der Waals surface area contributed by atoms with Crippen molar-refractivity contribution in [3.63, 3.8) is 0 Å². The van der Waals surface area contributed by atoms with Gasteiger partial charge in [-0.1, -0.05) is 24.3 Å². The first-order chi connectivity index (χ1) is 15.8. The number of anilines is 1. The fourth-order valence-electron chi connectivity index (χ4n) is 4.14. The molecule has 2 saturated heterocycles. The van der Waals surface area contributed by atoms with Gasteiger partial charge in [0.1, 0.15) is 0 Å². The largest absolute Gasteiger partial charge is 0.416 e. The minimum atomic E-state index is -4.33. The molecule has 2 heterocycles. The molecule has 2 amide bonds. The third-order valence-corrected chi connectivity index (χ3v) is 6.07. The lowest BCUT2D eigenvalue weighted by Gasteiger charge is -2.34. The van der Waals surface area contributed by atoms with Crippen LogP contribution >= 0.6 is 0 Å². The molecule has 0 aliphatic carbocycles. The Morgan fingerprint density at radius 2 is 1.58 bits per heavy atom. The number of carbonyl (C=O) groups excluding carboxylic acids is 2. The lowest BCUT2D eigenvalue weighted by Crippen LogP contribution is -2.47. The van der Waals surface area contributed by atoms with Crippen LogP contribution < -0.4 is 4.90 Å². The summed E-state index contributed by atoms with van der Waals surface area (Å²) in [5.41, 5.74) is 1.94. The molecule has 2 aromatic carbocycles. The summed E-state index contributed by atoms with van der Waals surface area (Å²) in [5, 5.41) is 0. The highest BCUT2D eigenvalue weighted by molar-refractivity contribution is 5.95. The number of rotatable bonds is 5. The average Bonchev–Trinajstić information content (AvgIpc) is 3.24. The van der Waals surface area contributed by atoms with Crippen LogP contribution in [0.4, 0.5) is 18.9 Å². The predicted octanol–water partition coefficient (Wildman–Crippen LogP) is 4.19. The fraction of sp³-hybridized carbons (Fsp3) is 0.360. The summed E-state index contributed by atoms with van der Waals surface area (Å²) in [6, 6.07) is 12.8. The lowest BCUT2D eigenvalue weighted by atomic mass is 10.1. The summed E-state index contributed by atoms with van der Waals surface area (Å²) >= 11 is 0. The first kappa shape index (κ1) is 23.0. The smallest absolute Gasteiger partial charge is 0.337 e. The van der Waals surface area contributed by atoms with Crippen molar-refractivity contribution in [1.29, 1.82) is 0 Å². The highest BCUT2D eigenvalue weighted by Gasteiger charge is 2.30. The van der Waals surface area contributed by atoms with Gasteiger partial charge in [0.15, 0.2) is 0 Å². The monoisotopic (exact) mass is 457 g/mol. The maximum atomic E-state index is 12.7. The number of hydrogen-bond acceptors (Lipinski definition) is 3. The number of piperazine rings is 1. The third kappa shape index (κ3) is 5.82. The molecule has 2 aromatic rings. The molecule has 0 saturated carbocycles. The van der Waals surface area contributed by atoms with Crippen LogP contribution in [-0.2, 0) is 22.3 Å². The van der Waals surface area contributed by atoms with E-state index in [1.54, 1.807) is 22.0 Å². The van der Waals surface area contributed by atoms with Gasteiger partial charge in [0.25, 0.3) is 0 Å². The molecule has 0 unspecified atom stereocenters. The fourth-order valence-corrected chi connectivity index (χ4v) is 4.14. The van der Waals surface area contributed by atoms with Crippen LogP contribution in [0.5, 0.6) is 0 Å². The summed E-state index contributed by atoms with van der Waals surface area (Å²) in [4.78, 5) is 30.1. The van der Waals surface area contributed by atoms with Crippen LogP contribution in [0.1, 0.15) is 29.5 Å². The zero-order chi connectivity index (χ0) is 23.4. The summed E-state index contributed by atoms with van der Waals surface area (Å²) in [6.45, 7) is 3.77. The van der Waals surface area contributed by atoms with Crippen molar-refractivity contribution in [2.75, 3.05) is 37.6 Å². The van der Waals surface area contributed by atoms with Crippen molar-refractivity contribution in [3.8, 4) is 0 Å². The Morgan fingerprint density at radius 1 is 0.909 bits per heavy atom. The molecule has 2 aliphatic heterocycles. The summed E-state index contributed by atoms with van der Waals surface area (Å²) < 4.78 is 38.1. The van der Waals surface area contributed by atoms with Crippen molar-refractivity contribution >= 4 is 23.6 Å². The molecule has 8 heteroatoms. The first-order valence-electron chi connectivity index (χ1n) is 11.1. The van der Waals surface area contributed by atoms with E-state index in [2.05, 4.69) is 4.90 Å². The summed E-state index contributed by atoms with van der Waals surface area (Å²) in [7, 11) is 0. The first-order valence-corrected chi connectivity index (χ1v) is 11.1. The Balaban J connectivity index is 1.25. The second kappa shape index (κ2) is 9.79. The van der Waals surface area contributed by atoms with Gasteiger partial charge in [-0.05, 0) is 47.9 Å². The molecule has 2 fully saturated rings. The van der Waals surface area contributed by atoms with E-state index in [-0.39, 0.29) is 11.8 Å². The van der Waals surface area contributed by atoms with Gasteiger partial charge in [-0.2, -0.15) is 13.2 Å². The second-order valence-electron chi connectivity index (χ2n) is 8.37. The van der Waals surface area contributed by atoms with E-state index in [9.17, 15) is 22.8 Å². The minimum Gasteiger partial charge on any atom is -0.337 e. The number of alkyl halides is 3. The molecule has 0 bridgehead atoms. The van der Waals surface area contributed by atoms with E-state index >= 15 is 0 Å². The molecule has 174 valence electrons. The van der Waals surface area contributed by atoms with E-state index < -0.39 is 11.7 Å². The van der Waals surface area contributed by atoms with E-state index in [0.717, 1.165) is 41.9 Å². The zero-order valence-corrected chi connectivity index (χ0v) is 18.2. The summed E-state index contributed by atoms with van der Waals surface area (Å²) in [5.74, 6) is 0.0777. The predicted molar refractivity (Wildman–Crippen MR) is 120 cm³/mol. The number of benzene rings is 2. The van der Waals surface area contributed by atoms with Crippen molar-refractivity contribution < 1.29 is 22.8 Å². The third-order valence-electron chi connectivity index (χ3n) is 6.07. The van der Waals surface area contributed by atoms with E-state index in [1.807, 2.05) is 24.3 Å². The minimum absolute atomic E-state index is 0.0667. The van der Waals surface area contributed by atoms with Crippen molar-refractivity contribution in [3.05, 3.63) is 71.3 Å². The van der Waals surface area contributed by atoms with Gasteiger partial charge in [0.2, 0.25) is 11.8 Å². The Bertz CT molecular complexity index is 1010. The normalized spacial score (nSPS) is 17.8. The van der Waals surface area contributed by atoms with Crippen LogP contribution in [-0.4, -0.2) is 54.3 Å².